The Labute approximate surface area is 220 Å². The van der Waals surface area contributed by atoms with Crippen molar-refractivity contribution < 1.29 is 60.8 Å². The summed E-state index contributed by atoms with van der Waals surface area (Å²) in [7, 11) is -6.01. The van der Waals surface area contributed by atoms with Crippen LogP contribution in [-0.4, -0.2) is 30.8 Å². The first-order valence-electron chi connectivity index (χ1n) is 10.1. The molecule has 0 heterocycles. The van der Waals surface area contributed by atoms with Crippen LogP contribution in [-0.2, 0) is 30.5 Å². The Kier molecular flexibility index (Phi) is 8.82. The molecule has 0 aliphatic heterocycles. The first-order valence-corrected chi connectivity index (χ1v) is 11.5. The van der Waals surface area contributed by atoms with Crippen LogP contribution in [0.15, 0.2) is 91.0 Å². The summed E-state index contributed by atoms with van der Waals surface area (Å²) < 4.78 is 65.4. The fourth-order valence-electron chi connectivity index (χ4n) is 4.04. The summed E-state index contributed by atoms with van der Waals surface area (Å²) in [5.41, 5.74) is -0.817. The van der Waals surface area contributed by atoms with Crippen molar-refractivity contribution in [1.82, 2.24) is 0 Å². The van der Waals surface area contributed by atoms with Crippen molar-refractivity contribution in [2.75, 3.05) is 6.61 Å². The summed E-state index contributed by atoms with van der Waals surface area (Å²) >= 11 is 0. The number of hydrogen-bond acceptors (Lipinski definition) is 5. The van der Waals surface area contributed by atoms with E-state index in [2.05, 4.69) is 0 Å². The topological polar surface area (TPSA) is 83.5 Å². The summed E-state index contributed by atoms with van der Waals surface area (Å²) in [4.78, 5) is 13.6. The fourth-order valence-corrected chi connectivity index (χ4v) is 4.24. The van der Waals surface area contributed by atoms with E-state index in [9.17, 15) is 26.5 Å². The van der Waals surface area contributed by atoms with Crippen LogP contribution in [0, 0.1) is 0 Å². The number of carbonyl (C=O) groups excluding carboxylic acids is 1. The molecule has 0 amide bonds. The zero-order chi connectivity index (χ0) is 24.3. The predicted molar refractivity (Wildman–Crippen MR) is 119 cm³/mol. The molecule has 3 aromatic carbocycles. The van der Waals surface area contributed by atoms with Gasteiger partial charge in [-0.15, -0.1) is 0 Å². The molecule has 0 bridgehead atoms. The number of esters is 1. The molecule has 9 heteroatoms. The molecule has 0 aliphatic rings. The third kappa shape index (κ3) is 5.11. The molecule has 0 fully saturated rings. The normalized spacial score (nSPS) is 13.9. The Balaban J connectivity index is 0.00000408. The van der Waals surface area contributed by atoms with Crippen LogP contribution in [0.5, 0.6) is 0 Å². The van der Waals surface area contributed by atoms with E-state index in [0.29, 0.717) is 16.7 Å². The molecule has 34 heavy (non-hydrogen) atoms. The van der Waals surface area contributed by atoms with Crippen LogP contribution in [0.25, 0.3) is 0 Å². The van der Waals surface area contributed by atoms with Gasteiger partial charge in [-0.2, -0.15) is 8.78 Å². The van der Waals surface area contributed by atoms with E-state index >= 15 is 0 Å². The van der Waals surface area contributed by atoms with Crippen molar-refractivity contribution >= 4 is 16.1 Å². The first kappa shape index (κ1) is 28.1. The Morgan fingerprint density at radius 1 is 0.794 bits per heavy atom. The molecule has 5 nitrogen and oxygen atoms in total. The van der Waals surface area contributed by atoms with Crippen LogP contribution in [0.1, 0.15) is 30.5 Å². The number of rotatable bonds is 8. The van der Waals surface area contributed by atoms with E-state index in [1.165, 1.54) is 0 Å². The molecule has 1 atom stereocenters. The van der Waals surface area contributed by atoms with Gasteiger partial charge in [0.15, 0.2) is 16.7 Å². The Bertz CT molecular complexity index is 1170. The maximum absolute atomic E-state index is 13.8. The number of hydrogen-bond donors (Lipinski definition) is 0. The van der Waals surface area contributed by atoms with Gasteiger partial charge in [0.25, 0.3) is 0 Å². The summed E-state index contributed by atoms with van der Waals surface area (Å²) in [6.45, 7) is 1.49. The van der Waals surface area contributed by atoms with Crippen LogP contribution in [0.2, 0.25) is 0 Å². The van der Waals surface area contributed by atoms with E-state index in [4.69, 9.17) is 4.74 Å². The van der Waals surface area contributed by atoms with Gasteiger partial charge in [0, 0.05) is 5.41 Å². The van der Waals surface area contributed by atoms with Crippen molar-refractivity contribution in [3.63, 3.8) is 0 Å². The largest absolute Gasteiger partial charge is 1.00 e. The molecule has 0 spiro atoms. The fraction of sp³-hybridized carbons (Fsp3) is 0.240. The summed E-state index contributed by atoms with van der Waals surface area (Å²) in [5, 5.41) is -4.75. The van der Waals surface area contributed by atoms with Gasteiger partial charge in [0.05, 0.1) is 0 Å². The van der Waals surface area contributed by atoms with Gasteiger partial charge in [0.1, 0.15) is 5.41 Å². The minimum absolute atomic E-state index is 0. The molecule has 0 radical (unpaired) electrons. The third-order valence-corrected chi connectivity index (χ3v) is 7.05. The van der Waals surface area contributed by atoms with Gasteiger partial charge in [-0.25, -0.2) is 8.42 Å². The zero-order valence-corrected chi connectivity index (χ0v) is 21.9. The van der Waals surface area contributed by atoms with Gasteiger partial charge >= 0.3 is 40.8 Å². The molecule has 0 aromatic heterocycles. The van der Waals surface area contributed by atoms with E-state index < -0.39 is 38.8 Å². The average molecular weight is 497 g/mol. The van der Waals surface area contributed by atoms with E-state index in [1.807, 2.05) is 36.4 Å². The minimum atomic E-state index is -6.01. The number of benzene rings is 3. The molecule has 3 rings (SSSR count). The van der Waals surface area contributed by atoms with Gasteiger partial charge < -0.3 is 9.29 Å². The van der Waals surface area contributed by atoms with Gasteiger partial charge in [-0.05, 0) is 30.5 Å². The molecule has 0 saturated heterocycles. The van der Waals surface area contributed by atoms with Crippen molar-refractivity contribution in [3.8, 4) is 0 Å². The summed E-state index contributed by atoms with van der Waals surface area (Å²) in [6, 6.07) is 26.6. The second-order valence-corrected chi connectivity index (χ2v) is 9.52. The van der Waals surface area contributed by atoms with Crippen molar-refractivity contribution in [2.45, 2.75) is 29.9 Å². The van der Waals surface area contributed by atoms with Crippen molar-refractivity contribution in [2.24, 2.45) is 0 Å². The first-order chi connectivity index (χ1) is 15.4. The van der Waals surface area contributed by atoms with Crippen LogP contribution in [0.3, 0.4) is 0 Å². The number of ether oxygens (including phenoxy) is 1. The second kappa shape index (κ2) is 10.7. The van der Waals surface area contributed by atoms with Gasteiger partial charge in [0.2, 0.25) is 0 Å². The maximum Gasteiger partial charge on any atom is 1.00 e. The molecule has 3 aromatic rings. The minimum Gasteiger partial charge on any atom is -0.743 e. The molecule has 1 unspecified atom stereocenters. The van der Waals surface area contributed by atoms with E-state index in [-0.39, 0.29) is 29.6 Å². The van der Waals surface area contributed by atoms with Crippen molar-refractivity contribution in [3.05, 3.63) is 108 Å². The SMILES string of the molecule is CC(C(=O)OCC(F)(F)S(=O)(=O)[O-])(c1ccccc1)C(C)(c1ccccc1)c1ccccc1.[Na+]. The van der Waals surface area contributed by atoms with Gasteiger partial charge in [-0.3, -0.25) is 4.79 Å². The van der Waals surface area contributed by atoms with Crippen LogP contribution in [0.4, 0.5) is 8.78 Å². The number of carbonyl (C=O) groups is 1. The number of alkyl halides is 2. The van der Waals surface area contributed by atoms with Crippen LogP contribution >= 0.6 is 0 Å². The summed E-state index contributed by atoms with van der Waals surface area (Å²) in [5.74, 6) is -1.09. The maximum atomic E-state index is 13.8. The number of halogens is 2. The van der Waals surface area contributed by atoms with Crippen molar-refractivity contribution in [1.29, 1.82) is 0 Å². The molecule has 0 N–H and O–H groups in total. The Morgan fingerprint density at radius 2 is 1.15 bits per heavy atom. The Morgan fingerprint density at radius 3 is 1.50 bits per heavy atom. The predicted octanol–water partition coefficient (Wildman–Crippen LogP) is 1.64. The standard InChI is InChI=1S/C25H24F2O5S.Na/c1-23(19-12-6-3-7-13-19,20-14-8-4-9-15-20)24(2,21-16-10-5-11-17-21)22(28)32-18-25(26,27)33(29,30)31;/h3-17H,18H2,1-2H3,(H,29,30,31);/q;+1/p-1. The Hall–Kier alpha value is -2.10. The molecule has 174 valence electrons. The summed E-state index contributed by atoms with van der Waals surface area (Å²) in [6.07, 6.45) is 0. The molecule has 0 aliphatic carbocycles. The smallest absolute Gasteiger partial charge is 0.743 e. The van der Waals surface area contributed by atoms with Crippen LogP contribution < -0.4 is 29.6 Å². The van der Waals surface area contributed by atoms with E-state index in [0.717, 1.165) is 0 Å². The van der Waals surface area contributed by atoms with E-state index in [1.54, 1.807) is 68.4 Å². The third-order valence-electron chi connectivity index (χ3n) is 6.20. The molecular weight excluding hydrogens is 473 g/mol. The monoisotopic (exact) mass is 496 g/mol. The average Bonchev–Trinajstić information content (AvgIpc) is 2.82. The molecule has 0 saturated carbocycles. The molecular formula is C25H23F2NaO5S. The zero-order valence-electron chi connectivity index (χ0n) is 19.1. The quantitative estimate of drug-likeness (QED) is 0.269. The van der Waals surface area contributed by atoms with Gasteiger partial charge in [-0.1, -0.05) is 91.0 Å². The second-order valence-electron chi connectivity index (χ2n) is 8.02.